The van der Waals surface area contributed by atoms with E-state index in [1.165, 1.54) is 0 Å². The van der Waals surface area contributed by atoms with Gasteiger partial charge in [0.05, 0.1) is 10.0 Å². The van der Waals surface area contributed by atoms with Crippen molar-refractivity contribution in [2.45, 2.75) is 0 Å². The van der Waals surface area contributed by atoms with E-state index in [0.29, 0.717) is 31.6 Å². The van der Waals surface area contributed by atoms with E-state index in [0.717, 1.165) is 0 Å². The third-order valence-electron chi connectivity index (χ3n) is 2.22. The van der Waals surface area contributed by atoms with Gasteiger partial charge in [-0.15, -0.1) is 0 Å². The van der Waals surface area contributed by atoms with Crippen molar-refractivity contribution in [1.29, 1.82) is 0 Å². The number of ether oxygens (including phenoxy) is 2. The molecular weight excluding hydrogens is 330 g/mol. The minimum Gasteiger partial charge on any atom is -0.456 e. The molecule has 0 radical (unpaired) electrons. The van der Waals surface area contributed by atoms with E-state index in [1.807, 2.05) is 0 Å². The van der Waals surface area contributed by atoms with Gasteiger partial charge in [0.25, 0.3) is 0 Å². The third-order valence-corrected chi connectivity index (χ3v) is 3.31. The van der Waals surface area contributed by atoms with Crippen LogP contribution in [0.3, 0.4) is 0 Å². The molecule has 0 atom stereocenters. The summed E-state index contributed by atoms with van der Waals surface area (Å²) in [4.78, 5) is 0. The quantitative estimate of drug-likeness (QED) is 0.664. The van der Waals surface area contributed by atoms with Crippen molar-refractivity contribution in [2.75, 3.05) is 6.79 Å². The highest BCUT2D eigenvalue weighted by atomic mass is 35.5. The van der Waals surface area contributed by atoms with Gasteiger partial charge in [0.1, 0.15) is 11.5 Å². The second-order valence-electron chi connectivity index (χ2n) is 3.56. The van der Waals surface area contributed by atoms with E-state index in [-0.39, 0.29) is 6.79 Å². The lowest BCUT2D eigenvalue weighted by Gasteiger charge is -2.11. The number of hydrogen-bond acceptors (Lipinski definition) is 2. The van der Waals surface area contributed by atoms with Crippen molar-refractivity contribution in [2.24, 2.45) is 0 Å². The molecule has 100 valence electrons. The topological polar surface area (TPSA) is 18.5 Å². The zero-order valence-corrected chi connectivity index (χ0v) is 12.5. The normalized spacial score (nSPS) is 10.3. The summed E-state index contributed by atoms with van der Waals surface area (Å²) in [6, 6.07) is 9.84. The Bertz CT molecular complexity index is 535. The molecule has 0 saturated heterocycles. The number of hydrogen-bond donors (Lipinski definition) is 0. The van der Waals surface area contributed by atoms with Crippen molar-refractivity contribution in [3.05, 3.63) is 56.5 Å². The van der Waals surface area contributed by atoms with E-state index in [1.54, 1.807) is 36.4 Å². The second kappa shape index (κ2) is 6.58. The van der Waals surface area contributed by atoms with Crippen LogP contribution in [0.4, 0.5) is 0 Å². The van der Waals surface area contributed by atoms with Gasteiger partial charge in [-0.25, -0.2) is 0 Å². The van der Waals surface area contributed by atoms with Gasteiger partial charge in [0, 0.05) is 22.2 Å². The van der Waals surface area contributed by atoms with E-state index >= 15 is 0 Å². The van der Waals surface area contributed by atoms with Crippen LogP contribution >= 0.6 is 46.4 Å². The zero-order valence-electron chi connectivity index (χ0n) is 9.50. The lowest BCUT2D eigenvalue weighted by molar-refractivity contribution is 0.120. The van der Waals surface area contributed by atoms with Crippen LogP contribution in [0.5, 0.6) is 11.5 Å². The molecule has 2 rings (SSSR count). The van der Waals surface area contributed by atoms with Crippen molar-refractivity contribution < 1.29 is 9.47 Å². The van der Waals surface area contributed by atoms with E-state index in [9.17, 15) is 0 Å². The molecule has 0 unspecified atom stereocenters. The third kappa shape index (κ3) is 4.08. The maximum atomic E-state index is 5.95. The predicted octanol–water partition coefficient (Wildman–Crippen LogP) is 5.72. The molecule has 2 aromatic rings. The summed E-state index contributed by atoms with van der Waals surface area (Å²) in [6.45, 7) is -0.0554. The average Bonchev–Trinajstić information content (AvgIpc) is 2.38. The van der Waals surface area contributed by atoms with Gasteiger partial charge >= 0.3 is 0 Å². The number of benzene rings is 2. The molecule has 0 fully saturated rings. The lowest BCUT2D eigenvalue weighted by Crippen LogP contribution is -2.06. The Morgan fingerprint density at radius 3 is 1.53 bits per heavy atom. The molecule has 0 aliphatic carbocycles. The summed E-state index contributed by atoms with van der Waals surface area (Å²) < 4.78 is 10.8. The SMILES string of the molecule is Clc1ccc(Cl)c(OCOc2cc(Cl)ccc2Cl)c1. The fourth-order valence-electron chi connectivity index (χ4n) is 1.33. The molecule has 0 N–H and O–H groups in total. The molecule has 0 heterocycles. The Labute approximate surface area is 130 Å². The summed E-state index contributed by atoms with van der Waals surface area (Å²) in [7, 11) is 0. The van der Waals surface area contributed by atoms with Crippen molar-refractivity contribution >= 4 is 46.4 Å². The summed E-state index contributed by atoms with van der Waals surface area (Å²) >= 11 is 23.6. The van der Waals surface area contributed by atoms with Crippen molar-refractivity contribution in [3.63, 3.8) is 0 Å². The first kappa shape index (κ1) is 14.6. The van der Waals surface area contributed by atoms with Crippen molar-refractivity contribution in [3.8, 4) is 11.5 Å². The Hall–Kier alpha value is -0.800. The van der Waals surface area contributed by atoms with Crippen LogP contribution in [0.2, 0.25) is 20.1 Å². The summed E-state index contributed by atoms with van der Waals surface area (Å²) in [5.74, 6) is 0.875. The van der Waals surface area contributed by atoms with Gasteiger partial charge in [0.2, 0.25) is 6.79 Å². The Morgan fingerprint density at radius 1 is 0.684 bits per heavy atom. The standard InChI is InChI=1S/C13H8Cl4O2/c14-8-1-3-10(16)12(5-8)18-7-19-13-6-9(15)2-4-11(13)17/h1-6H,7H2. The molecule has 0 aromatic heterocycles. The second-order valence-corrected chi connectivity index (χ2v) is 5.24. The van der Waals surface area contributed by atoms with Gasteiger partial charge < -0.3 is 9.47 Å². The molecule has 0 spiro atoms. The fraction of sp³-hybridized carbons (Fsp3) is 0.0769. The maximum absolute atomic E-state index is 5.95. The summed E-state index contributed by atoms with van der Waals surface area (Å²) in [5.41, 5.74) is 0. The fourth-order valence-corrected chi connectivity index (χ4v) is 2.00. The molecular formula is C13H8Cl4O2. The summed E-state index contributed by atoms with van der Waals surface area (Å²) in [6.07, 6.45) is 0. The molecule has 2 nitrogen and oxygen atoms in total. The Kier molecular flexibility index (Phi) is 5.06. The molecule has 0 saturated carbocycles. The van der Waals surface area contributed by atoms with Gasteiger partial charge in [-0.2, -0.15) is 0 Å². The van der Waals surface area contributed by atoms with Gasteiger partial charge in [-0.3, -0.25) is 0 Å². The first-order valence-corrected chi connectivity index (χ1v) is 6.73. The van der Waals surface area contributed by atoms with E-state index in [2.05, 4.69) is 0 Å². The highest BCUT2D eigenvalue weighted by molar-refractivity contribution is 6.34. The van der Waals surface area contributed by atoms with Crippen LogP contribution in [0.25, 0.3) is 0 Å². The summed E-state index contributed by atoms with van der Waals surface area (Å²) in [5, 5.41) is 1.95. The molecule has 0 amide bonds. The Balaban J connectivity index is 2.00. The largest absolute Gasteiger partial charge is 0.456 e. The lowest BCUT2D eigenvalue weighted by atomic mass is 10.3. The monoisotopic (exact) mass is 336 g/mol. The first-order valence-electron chi connectivity index (χ1n) is 5.22. The molecule has 2 aromatic carbocycles. The van der Waals surface area contributed by atoms with Crippen LogP contribution < -0.4 is 9.47 Å². The van der Waals surface area contributed by atoms with Gasteiger partial charge in [0.15, 0.2) is 0 Å². The van der Waals surface area contributed by atoms with Crippen LogP contribution in [-0.4, -0.2) is 6.79 Å². The molecule has 0 bridgehead atoms. The molecule has 0 aliphatic rings. The van der Waals surface area contributed by atoms with Crippen LogP contribution in [0.1, 0.15) is 0 Å². The van der Waals surface area contributed by atoms with Gasteiger partial charge in [-0.1, -0.05) is 46.4 Å². The molecule has 19 heavy (non-hydrogen) atoms. The van der Waals surface area contributed by atoms with E-state index in [4.69, 9.17) is 55.9 Å². The van der Waals surface area contributed by atoms with Crippen LogP contribution in [-0.2, 0) is 0 Å². The maximum Gasteiger partial charge on any atom is 0.231 e. The van der Waals surface area contributed by atoms with Crippen LogP contribution in [0, 0.1) is 0 Å². The zero-order chi connectivity index (χ0) is 13.8. The minimum absolute atomic E-state index is 0.0554. The van der Waals surface area contributed by atoms with E-state index < -0.39 is 0 Å². The first-order chi connectivity index (χ1) is 9.06. The number of halogens is 4. The highest BCUT2D eigenvalue weighted by Gasteiger charge is 2.05. The Morgan fingerprint density at radius 2 is 1.11 bits per heavy atom. The van der Waals surface area contributed by atoms with Crippen molar-refractivity contribution in [1.82, 2.24) is 0 Å². The number of rotatable bonds is 4. The predicted molar refractivity (Wildman–Crippen MR) is 79.0 cm³/mol. The smallest absolute Gasteiger partial charge is 0.231 e. The van der Waals surface area contributed by atoms with Gasteiger partial charge in [-0.05, 0) is 24.3 Å². The highest BCUT2D eigenvalue weighted by Crippen LogP contribution is 2.30. The molecule has 0 aliphatic heterocycles. The minimum atomic E-state index is -0.0554. The molecule has 6 heteroatoms. The van der Waals surface area contributed by atoms with Crippen LogP contribution in [0.15, 0.2) is 36.4 Å². The average molecular weight is 338 g/mol.